The molecule has 6 saturated carbocycles. The topological polar surface area (TPSA) is 52.6 Å². The summed E-state index contributed by atoms with van der Waals surface area (Å²) < 4.78 is 13.3. The molecule has 0 unspecified atom stereocenters. The van der Waals surface area contributed by atoms with Crippen LogP contribution < -0.4 is 0 Å². The van der Waals surface area contributed by atoms with E-state index < -0.39 is 0 Å². The number of carbonyl (C=O) groups is 2. The maximum absolute atomic E-state index is 14.2. The molecule has 46 heavy (non-hydrogen) atoms. The van der Waals surface area contributed by atoms with E-state index in [1.165, 1.54) is 89.9 Å². The molecule has 0 spiro atoms. The number of carbonyl (C=O) groups excluding carboxylic acids is 2. The van der Waals surface area contributed by atoms with Crippen LogP contribution in [0.1, 0.15) is 165 Å². The lowest BCUT2D eigenvalue weighted by molar-refractivity contribution is -0.0482. The average molecular weight is 631 g/mol. The van der Waals surface area contributed by atoms with Gasteiger partial charge in [-0.05, 0) is 85.2 Å². The van der Waals surface area contributed by atoms with Crippen molar-refractivity contribution in [1.29, 1.82) is 0 Å². The normalized spacial score (nSPS) is 39.9. The van der Waals surface area contributed by atoms with Crippen molar-refractivity contribution in [3.05, 3.63) is 35.4 Å². The van der Waals surface area contributed by atoms with Gasteiger partial charge in [0.05, 0.1) is 11.1 Å². The lowest BCUT2D eigenvalue weighted by Gasteiger charge is -2.41. The average Bonchev–Trinajstić information content (AvgIpc) is 3.54. The second-order valence-corrected chi connectivity index (χ2v) is 18.6. The zero-order chi connectivity index (χ0) is 32.5. The summed E-state index contributed by atoms with van der Waals surface area (Å²) in [6, 6.07) is 7.32. The van der Waals surface area contributed by atoms with Crippen molar-refractivity contribution in [3.8, 4) is 0 Å². The van der Waals surface area contributed by atoms with Crippen LogP contribution in [0.3, 0.4) is 0 Å². The lowest BCUT2D eigenvalue weighted by atomic mass is 9.69. The largest absolute Gasteiger partial charge is 0.458 e. The number of fused-ring (bicyclic) bond motifs is 4. The van der Waals surface area contributed by atoms with Crippen LogP contribution in [0.25, 0.3) is 0 Å². The molecule has 0 saturated heterocycles. The maximum atomic E-state index is 14.2. The number of hydrogen-bond acceptors (Lipinski definition) is 4. The first-order valence-corrected chi connectivity index (χ1v) is 19.4. The summed E-state index contributed by atoms with van der Waals surface area (Å²) in [4.78, 5) is 28.4. The third-order valence-corrected chi connectivity index (χ3v) is 16.3. The van der Waals surface area contributed by atoms with Gasteiger partial charge in [-0.15, -0.1) is 0 Å². The van der Waals surface area contributed by atoms with Gasteiger partial charge in [0, 0.05) is 22.7 Å². The number of benzene rings is 1. The third kappa shape index (κ3) is 5.03. The van der Waals surface area contributed by atoms with E-state index in [2.05, 4.69) is 41.5 Å². The molecule has 4 heteroatoms. The standard InChI is InChI=1S/C42H62O4/c1-39(2)33-21-23-41(39,5)35(31(33)25-27-15-9-7-10-16-27)45-37(43)29-19-13-14-20-30(29)38(44)46-36-32(26-28-17-11-8-12-18-28)34-22-24-42(36,6)40(34,3)4/h13-14,19-20,27-28,31-36H,7-12,15-18,21-26H2,1-6H3/t31-,32-,33+,34+,35+,36+,41-,42-/m1/s1. The van der Waals surface area contributed by atoms with E-state index in [4.69, 9.17) is 9.47 Å². The summed E-state index contributed by atoms with van der Waals surface area (Å²) in [6.07, 6.45) is 20.1. The molecule has 6 aliphatic rings. The molecule has 8 atom stereocenters. The Morgan fingerprint density at radius 1 is 0.587 bits per heavy atom. The molecule has 0 heterocycles. The minimum Gasteiger partial charge on any atom is -0.458 e. The van der Waals surface area contributed by atoms with Crippen molar-refractivity contribution in [2.75, 3.05) is 0 Å². The molecule has 6 aliphatic carbocycles. The van der Waals surface area contributed by atoms with Crippen LogP contribution in [0.2, 0.25) is 0 Å². The van der Waals surface area contributed by atoms with Gasteiger partial charge in [-0.1, -0.05) is 118 Å². The number of esters is 2. The fourth-order valence-electron chi connectivity index (χ4n) is 12.8. The molecular formula is C42H62O4. The van der Waals surface area contributed by atoms with Crippen molar-refractivity contribution in [2.45, 2.75) is 156 Å². The van der Waals surface area contributed by atoms with Crippen molar-refractivity contribution in [2.24, 2.45) is 57.2 Å². The van der Waals surface area contributed by atoms with Crippen molar-refractivity contribution in [1.82, 2.24) is 0 Å². The van der Waals surface area contributed by atoms with Crippen LogP contribution in [-0.4, -0.2) is 24.1 Å². The Kier molecular flexibility index (Phi) is 8.49. The van der Waals surface area contributed by atoms with Crippen molar-refractivity contribution >= 4 is 11.9 Å². The molecule has 1 aromatic rings. The predicted molar refractivity (Wildman–Crippen MR) is 183 cm³/mol. The lowest BCUT2D eigenvalue weighted by Crippen LogP contribution is -2.42. The van der Waals surface area contributed by atoms with Gasteiger partial charge in [-0.25, -0.2) is 9.59 Å². The summed E-state index contributed by atoms with van der Waals surface area (Å²) in [5, 5.41) is 0. The monoisotopic (exact) mass is 630 g/mol. The molecule has 0 aliphatic heterocycles. The van der Waals surface area contributed by atoms with Crippen LogP contribution >= 0.6 is 0 Å². The van der Waals surface area contributed by atoms with Crippen LogP contribution in [0.15, 0.2) is 24.3 Å². The van der Waals surface area contributed by atoms with Crippen LogP contribution in [0.4, 0.5) is 0 Å². The van der Waals surface area contributed by atoms with Gasteiger partial charge in [-0.2, -0.15) is 0 Å². The molecule has 0 amide bonds. The number of hydrogen-bond donors (Lipinski definition) is 0. The van der Waals surface area contributed by atoms with Crippen LogP contribution in [0.5, 0.6) is 0 Å². The second-order valence-electron chi connectivity index (χ2n) is 18.6. The quantitative estimate of drug-likeness (QED) is 0.268. The van der Waals surface area contributed by atoms with E-state index in [0.29, 0.717) is 34.8 Å². The summed E-state index contributed by atoms with van der Waals surface area (Å²) in [6.45, 7) is 14.4. The minimum atomic E-state index is -0.339. The SMILES string of the molecule is CC1(C)[C@H]2CC[C@]1(C)[C@@H](OC(=O)c1ccccc1C(=O)O[C@H]1[C@H](CC3CCCCC3)[C@@H]3CC[C@@]1(C)C3(C)C)[C@@H]2CC1CCCCC1. The summed E-state index contributed by atoms with van der Waals surface area (Å²) in [7, 11) is 0. The van der Waals surface area contributed by atoms with Crippen LogP contribution in [0, 0.1) is 57.2 Å². The fraction of sp³-hybridized carbons (Fsp3) is 0.810. The molecule has 7 rings (SSSR count). The van der Waals surface area contributed by atoms with E-state index in [9.17, 15) is 9.59 Å². The van der Waals surface area contributed by atoms with Gasteiger partial charge in [0.2, 0.25) is 0 Å². The van der Waals surface area contributed by atoms with Gasteiger partial charge >= 0.3 is 11.9 Å². The second kappa shape index (κ2) is 11.9. The molecule has 4 bridgehead atoms. The summed E-state index contributed by atoms with van der Waals surface area (Å²) >= 11 is 0. The molecule has 254 valence electrons. The Balaban J connectivity index is 1.12. The molecule has 0 aromatic heterocycles. The number of rotatable bonds is 8. The Labute approximate surface area is 279 Å². The predicted octanol–water partition coefficient (Wildman–Crippen LogP) is 10.8. The van der Waals surface area contributed by atoms with Gasteiger partial charge in [0.15, 0.2) is 0 Å². The molecule has 0 N–H and O–H groups in total. The zero-order valence-corrected chi connectivity index (χ0v) is 29.9. The molecule has 4 nitrogen and oxygen atoms in total. The van der Waals surface area contributed by atoms with Crippen molar-refractivity contribution in [3.63, 3.8) is 0 Å². The van der Waals surface area contributed by atoms with Gasteiger partial charge in [0.1, 0.15) is 12.2 Å². The minimum absolute atomic E-state index is 0.0439. The highest BCUT2D eigenvalue weighted by Crippen LogP contribution is 2.71. The zero-order valence-electron chi connectivity index (χ0n) is 29.9. The first-order chi connectivity index (χ1) is 21.9. The highest BCUT2D eigenvalue weighted by Gasteiger charge is 2.69. The first kappa shape index (κ1) is 32.7. The van der Waals surface area contributed by atoms with Crippen molar-refractivity contribution < 1.29 is 19.1 Å². The van der Waals surface area contributed by atoms with Gasteiger partial charge in [-0.3, -0.25) is 0 Å². The Bertz CT molecular complexity index is 1200. The van der Waals surface area contributed by atoms with E-state index in [-0.39, 0.29) is 45.8 Å². The molecule has 6 fully saturated rings. The van der Waals surface area contributed by atoms with E-state index in [1.54, 1.807) is 12.1 Å². The molecule has 1 aromatic carbocycles. The van der Waals surface area contributed by atoms with E-state index >= 15 is 0 Å². The van der Waals surface area contributed by atoms with E-state index in [0.717, 1.165) is 24.7 Å². The first-order valence-electron chi connectivity index (χ1n) is 19.4. The Hall–Kier alpha value is -1.84. The Morgan fingerprint density at radius 2 is 0.957 bits per heavy atom. The van der Waals surface area contributed by atoms with Gasteiger partial charge < -0.3 is 9.47 Å². The van der Waals surface area contributed by atoms with Gasteiger partial charge in [0.25, 0.3) is 0 Å². The summed E-state index contributed by atoms with van der Waals surface area (Å²) in [5.41, 5.74) is 0.935. The molecule has 0 radical (unpaired) electrons. The third-order valence-electron chi connectivity index (χ3n) is 16.3. The highest BCUT2D eigenvalue weighted by atomic mass is 16.6. The van der Waals surface area contributed by atoms with Crippen LogP contribution in [-0.2, 0) is 9.47 Å². The number of ether oxygens (including phenoxy) is 2. The highest BCUT2D eigenvalue weighted by molar-refractivity contribution is 6.03. The maximum Gasteiger partial charge on any atom is 0.339 e. The fourth-order valence-corrected chi connectivity index (χ4v) is 12.8. The molecular weight excluding hydrogens is 568 g/mol. The van der Waals surface area contributed by atoms with E-state index in [1.807, 2.05) is 12.1 Å². The Morgan fingerprint density at radius 3 is 1.33 bits per heavy atom. The summed E-state index contributed by atoms with van der Waals surface area (Å²) in [5.74, 6) is 2.78. The smallest absolute Gasteiger partial charge is 0.339 e.